The molecule has 1 aromatic heterocycles. The van der Waals surface area contributed by atoms with Gasteiger partial charge in [0.2, 0.25) is 0 Å². The van der Waals surface area contributed by atoms with Crippen molar-refractivity contribution in [2.75, 3.05) is 0 Å². The third-order valence-corrected chi connectivity index (χ3v) is 3.46. The molecule has 0 unspecified atom stereocenters. The van der Waals surface area contributed by atoms with Crippen LogP contribution in [0, 0.1) is 11.6 Å². The van der Waals surface area contributed by atoms with Crippen molar-refractivity contribution < 1.29 is 8.78 Å². The second kappa shape index (κ2) is 5.06. The van der Waals surface area contributed by atoms with Gasteiger partial charge in [0.05, 0.1) is 5.52 Å². The smallest absolute Gasteiger partial charge is 0.125 e. The number of nitrogens with zero attached hydrogens (tertiary/aromatic N) is 1. The summed E-state index contributed by atoms with van der Waals surface area (Å²) in [5, 5.41) is 0.956. The van der Waals surface area contributed by atoms with E-state index < -0.39 is 0 Å². The molecule has 0 aliphatic rings. The van der Waals surface area contributed by atoms with Crippen molar-refractivity contribution in [2.24, 2.45) is 5.73 Å². The first-order chi connectivity index (χ1) is 9.67. The second-order valence-electron chi connectivity index (χ2n) is 4.76. The minimum absolute atomic E-state index is 0.282. The molecule has 0 fully saturated rings. The molecule has 2 N–H and O–H groups in total. The van der Waals surface area contributed by atoms with Crippen LogP contribution in [0.15, 0.2) is 48.7 Å². The van der Waals surface area contributed by atoms with Gasteiger partial charge in [-0.15, -0.1) is 0 Å². The molecule has 0 radical (unpaired) electrons. The molecule has 0 saturated carbocycles. The largest absolute Gasteiger partial charge is 0.343 e. The quantitative estimate of drug-likeness (QED) is 0.778. The Labute approximate surface area is 115 Å². The molecule has 0 atom stereocenters. The normalized spacial score (nSPS) is 11.2. The van der Waals surface area contributed by atoms with Gasteiger partial charge in [0.15, 0.2) is 0 Å². The molecule has 0 aliphatic heterocycles. The van der Waals surface area contributed by atoms with Gasteiger partial charge in [-0.3, -0.25) is 0 Å². The lowest BCUT2D eigenvalue weighted by atomic mass is 10.1. The van der Waals surface area contributed by atoms with Gasteiger partial charge >= 0.3 is 0 Å². The van der Waals surface area contributed by atoms with Gasteiger partial charge in [0, 0.05) is 19.3 Å². The Bertz CT molecular complexity index is 762. The summed E-state index contributed by atoms with van der Waals surface area (Å²) in [6, 6.07) is 11.1. The Morgan fingerprint density at radius 2 is 1.65 bits per heavy atom. The second-order valence-corrected chi connectivity index (χ2v) is 4.76. The maximum atomic E-state index is 13.4. The lowest BCUT2D eigenvalue weighted by molar-refractivity contribution is 0.621. The van der Waals surface area contributed by atoms with Gasteiger partial charge in [0.1, 0.15) is 11.6 Å². The highest BCUT2D eigenvalue weighted by Crippen LogP contribution is 2.20. The molecule has 3 aromatic rings. The summed E-state index contributed by atoms with van der Waals surface area (Å²) >= 11 is 0. The van der Waals surface area contributed by atoms with E-state index in [2.05, 4.69) is 0 Å². The number of nitrogens with two attached hydrogens (primary N) is 1. The molecule has 0 saturated heterocycles. The molecule has 20 heavy (non-hydrogen) atoms. The lowest BCUT2D eigenvalue weighted by Gasteiger charge is -2.10. The van der Waals surface area contributed by atoms with Crippen molar-refractivity contribution in [2.45, 2.75) is 13.1 Å². The maximum Gasteiger partial charge on any atom is 0.125 e. The first-order valence-electron chi connectivity index (χ1n) is 6.39. The Morgan fingerprint density at radius 3 is 2.45 bits per heavy atom. The van der Waals surface area contributed by atoms with Gasteiger partial charge < -0.3 is 10.3 Å². The van der Waals surface area contributed by atoms with E-state index in [4.69, 9.17) is 5.73 Å². The highest BCUT2D eigenvalue weighted by Gasteiger charge is 2.07. The molecule has 3 rings (SSSR count). The monoisotopic (exact) mass is 272 g/mol. The summed E-state index contributed by atoms with van der Waals surface area (Å²) in [6.45, 7) is 0.820. The summed E-state index contributed by atoms with van der Waals surface area (Å²) in [7, 11) is 0. The average Bonchev–Trinajstić information content (AvgIpc) is 2.82. The van der Waals surface area contributed by atoms with Crippen molar-refractivity contribution >= 4 is 10.9 Å². The molecular weight excluding hydrogens is 258 g/mol. The van der Waals surface area contributed by atoms with Crippen molar-refractivity contribution in [3.8, 4) is 0 Å². The van der Waals surface area contributed by atoms with E-state index >= 15 is 0 Å². The number of hydrogen-bond acceptors (Lipinski definition) is 1. The van der Waals surface area contributed by atoms with Gasteiger partial charge in [-0.1, -0.05) is 6.07 Å². The molecule has 0 amide bonds. The van der Waals surface area contributed by atoms with Gasteiger partial charge in [0.25, 0.3) is 0 Å². The fourth-order valence-corrected chi connectivity index (χ4v) is 2.42. The lowest BCUT2D eigenvalue weighted by Crippen LogP contribution is -2.06. The minimum Gasteiger partial charge on any atom is -0.343 e. The van der Waals surface area contributed by atoms with Crippen molar-refractivity contribution in [3.05, 3.63) is 71.4 Å². The van der Waals surface area contributed by atoms with Crippen LogP contribution in [0.3, 0.4) is 0 Å². The van der Waals surface area contributed by atoms with Crippen molar-refractivity contribution in [1.82, 2.24) is 4.57 Å². The fraction of sp³-hybridized carbons (Fsp3) is 0.125. The molecule has 0 spiro atoms. The summed E-state index contributed by atoms with van der Waals surface area (Å²) in [6.07, 6.45) is 1.87. The molecule has 102 valence electrons. The predicted molar refractivity (Wildman–Crippen MR) is 75.3 cm³/mol. The number of halogens is 2. The number of benzene rings is 2. The SMILES string of the molecule is NCc1ccc(F)cc1Cn1ccc2ccc(F)cc21. The summed E-state index contributed by atoms with van der Waals surface area (Å²) < 4.78 is 28.6. The minimum atomic E-state index is -0.292. The van der Waals surface area contributed by atoms with Crippen molar-refractivity contribution in [3.63, 3.8) is 0 Å². The van der Waals surface area contributed by atoms with Crippen LogP contribution in [0.1, 0.15) is 11.1 Å². The maximum absolute atomic E-state index is 13.4. The van der Waals surface area contributed by atoms with Gasteiger partial charge in [-0.05, 0) is 52.9 Å². The van der Waals surface area contributed by atoms with Crippen LogP contribution < -0.4 is 5.73 Å². The van der Waals surface area contributed by atoms with E-state index in [0.717, 1.165) is 22.0 Å². The first kappa shape index (κ1) is 12.8. The van der Waals surface area contributed by atoms with Crippen LogP contribution in [-0.2, 0) is 13.1 Å². The number of aromatic nitrogens is 1. The topological polar surface area (TPSA) is 30.9 Å². The van der Waals surface area contributed by atoms with E-state index in [9.17, 15) is 8.78 Å². The fourth-order valence-electron chi connectivity index (χ4n) is 2.42. The average molecular weight is 272 g/mol. The molecule has 4 heteroatoms. The Balaban J connectivity index is 2.05. The van der Waals surface area contributed by atoms with Crippen LogP contribution in [0.5, 0.6) is 0 Å². The van der Waals surface area contributed by atoms with E-state index in [1.165, 1.54) is 24.3 Å². The molecule has 1 heterocycles. The third-order valence-electron chi connectivity index (χ3n) is 3.46. The predicted octanol–water partition coefficient (Wildman–Crippen LogP) is 3.43. The number of rotatable bonds is 3. The standard InChI is InChI=1S/C16H14F2N2/c17-14-4-2-12(9-19)13(7-14)10-20-6-5-11-1-3-15(18)8-16(11)20/h1-8H,9-10,19H2. The highest BCUT2D eigenvalue weighted by molar-refractivity contribution is 5.80. The van der Waals surface area contributed by atoms with E-state index in [-0.39, 0.29) is 11.6 Å². The molecule has 0 aliphatic carbocycles. The zero-order valence-corrected chi connectivity index (χ0v) is 10.8. The van der Waals surface area contributed by atoms with E-state index in [1.807, 2.05) is 16.8 Å². The molecule has 2 nitrogen and oxygen atoms in total. The molecule has 0 bridgehead atoms. The van der Waals surface area contributed by atoms with Gasteiger partial charge in [-0.2, -0.15) is 0 Å². The van der Waals surface area contributed by atoms with Gasteiger partial charge in [-0.25, -0.2) is 8.78 Å². The summed E-state index contributed by atoms with van der Waals surface area (Å²) in [4.78, 5) is 0. The Kier molecular flexibility index (Phi) is 3.24. The zero-order chi connectivity index (χ0) is 14.1. The first-order valence-corrected chi connectivity index (χ1v) is 6.39. The molecular formula is C16H14F2N2. The van der Waals surface area contributed by atoms with E-state index in [1.54, 1.807) is 12.1 Å². The van der Waals surface area contributed by atoms with Crippen LogP contribution in [0.4, 0.5) is 8.78 Å². The zero-order valence-electron chi connectivity index (χ0n) is 10.8. The van der Waals surface area contributed by atoms with Crippen molar-refractivity contribution in [1.29, 1.82) is 0 Å². The highest BCUT2D eigenvalue weighted by atomic mass is 19.1. The third kappa shape index (κ3) is 2.30. The Hall–Kier alpha value is -2.20. The number of fused-ring (bicyclic) bond motifs is 1. The van der Waals surface area contributed by atoms with Crippen LogP contribution in [0.25, 0.3) is 10.9 Å². The number of hydrogen-bond donors (Lipinski definition) is 1. The van der Waals surface area contributed by atoms with Crippen LogP contribution in [-0.4, -0.2) is 4.57 Å². The summed E-state index contributed by atoms with van der Waals surface area (Å²) in [5.41, 5.74) is 8.17. The van der Waals surface area contributed by atoms with E-state index in [0.29, 0.717) is 13.1 Å². The molecule has 2 aromatic carbocycles. The van der Waals surface area contributed by atoms with Crippen LogP contribution >= 0.6 is 0 Å². The van der Waals surface area contributed by atoms with Crippen LogP contribution in [0.2, 0.25) is 0 Å². The summed E-state index contributed by atoms with van der Waals surface area (Å²) in [5.74, 6) is -0.574. The Morgan fingerprint density at radius 1 is 0.900 bits per heavy atom.